The molecule has 0 spiro atoms. The molecule has 0 aliphatic carbocycles. The highest BCUT2D eigenvalue weighted by Gasteiger charge is 2.28. The molecule has 0 bridgehead atoms. The zero-order chi connectivity index (χ0) is 55.5. The molecule has 0 rings (SSSR count). The van der Waals surface area contributed by atoms with E-state index in [4.69, 9.17) is 23.3 Å². The van der Waals surface area contributed by atoms with Gasteiger partial charge in [0, 0.05) is 19.3 Å². The molecule has 0 heterocycles. The predicted molar refractivity (Wildman–Crippen MR) is 316 cm³/mol. The van der Waals surface area contributed by atoms with Crippen molar-refractivity contribution in [2.75, 3.05) is 26.4 Å². The number of aliphatic hydroxyl groups excluding tert-OH is 1. The lowest BCUT2D eigenvalue weighted by Gasteiger charge is -2.21. The molecule has 3 unspecified atom stereocenters. The van der Waals surface area contributed by atoms with Crippen molar-refractivity contribution in [2.24, 2.45) is 0 Å². The molecule has 76 heavy (non-hydrogen) atoms. The van der Waals surface area contributed by atoms with Gasteiger partial charge >= 0.3 is 25.7 Å². The highest BCUT2D eigenvalue weighted by atomic mass is 31.2. The van der Waals surface area contributed by atoms with Gasteiger partial charge in [-0.15, -0.1) is 0 Å². The van der Waals surface area contributed by atoms with E-state index in [1.807, 2.05) is 6.08 Å². The van der Waals surface area contributed by atoms with Crippen LogP contribution in [0.3, 0.4) is 0 Å². The van der Waals surface area contributed by atoms with Crippen LogP contribution in [0.2, 0.25) is 0 Å². The third kappa shape index (κ3) is 54.7. The molecule has 0 saturated carbocycles. The van der Waals surface area contributed by atoms with Gasteiger partial charge < -0.3 is 24.2 Å². The number of phosphoric ester groups is 1. The van der Waals surface area contributed by atoms with Gasteiger partial charge in [-0.2, -0.15) is 0 Å². The average molecular weight is 1080 g/mol. The van der Waals surface area contributed by atoms with Crippen molar-refractivity contribution in [1.29, 1.82) is 0 Å². The molecule has 12 heteroatoms. The molecule has 0 fully saturated rings. The monoisotopic (exact) mass is 1080 g/mol. The Kier molecular flexibility index (Phi) is 54.0. The Morgan fingerprint density at radius 1 is 0.382 bits per heavy atom. The fraction of sp³-hybridized carbons (Fsp3) is 0.641. The smallest absolute Gasteiger partial charge is 0.462 e. The van der Waals surface area contributed by atoms with Crippen molar-refractivity contribution in [3.63, 3.8) is 0 Å². The average Bonchev–Trinajstić information content (AvgIpc) is 3.41. The summed E-state index contributed by atoms with van der Waals surface area (Å²) in [6.45, 7) is 4.29. The van der Waals surface area contributed by atoms with Gasteiger partial charge in [-0.25, -0.2) is 4.57 Å². The zero-order valence-electron chi connectivity index (χ0n) is 47.7. The minimum atomic E-state index is -4.78. The Morgan fingerprint density at radius 2 is 0.697 bits per heavy atom. The Labute approximate surface area is 462 Å². The Hall–Kier alpha value is -4.12. The number of hydrogen-bond donors (Lipinski definition) is 2. The van der Waals surface area contributed by atoms with E-state index in [0.29, 0.717) is 25.7 Å². The lowest BCUT2D eigenvalue weighted by atomic mass is 10.1. The van der Waals surface area contributed by atoms with Gasteiger partial charge in [0.05, 0.1) is 19.8 Å². The second kappa shape index (κ2) is 57.1. The molecule has 0 saturated heterocycles. The van der Waals surface area contributed by atoms with Gasteiger partial charge in [0.2, 0.25) is 0 Å². The van der Waals surface area contributed by atoms with E-state index in [0.717, 1.165) is 103 Å². The predicted octanol–water partition coefficient (Wildman–Crippen LogP) is 17.6. The van der Waals surface area contributed by atoms with Gasteiger partial charge in [0.15, 0.2) is 6.10 Å². The number of unbranched alkanes of at least 4 members (excludes halogenated alkanes) is 16. The summed E-state index contributed by atoms with van der Waals surface area (Å²) in [5.41, 5.74) is 0. The van der Waals surface area contributed by atoms with Crippen molar-refractivity contribution in [1.82, 2.24) is 0 Å². The second-order valence-electron chi connectivity index (χ2n) is 19.0. The van der Waals surface area contributed by atoms with Crippen LogP contribution in [-0.2, 0) is 42.2 Å². The molecule has 0 aliphatic heterocycles. The second-order valence-corrected chi connectivity index (χ2v) is 20.5. The van der Waals surface area contributed by atoms with Crippen molar-refractivity contribution in [3.8, 4) is 0 Å². The number of allylic oxidation sites excluding steroid dienone is 20. The number of ether oxygens (including phenoxy) is 3. The molecule has 2 N–H and O–H groups in total. The largest absolute Gasteiger partial charge is 0.472 e. The van der Waals surface area contributed by atoms with Crippen LogP contribution in [0.5, 0.6) is 0 Å². The summed E-state index contributed by atoms with van der Waals surface area (Å²) < 4.78 is 39.5. The van der Waals surface area contributed by atoms with Crippen LogP contribution in [-0.4, -0.2) is 66.5 Å². The molecule has 0 aromatic carbocycles. The molecule has 0 radical (unpaired) electrons. The van der Waals surface area contributed by atoms with E-state index in [1.165, 1.54) is 57.8 Å². The molecule has 0 aliphatic rings. The fourth-order valence-corrected chi connectivity index (χ4v) is 8.22. The number of hydrogen-bond acceptors (Lipinski definition) is 10. The number of esters is 3. The number of phosphoric acid groups is 1. The van der Waals surface area contributed by atoms with E-state index in [1.54, 1.807) is 0 Å². The highest BCUT2D eigenvalue weighted by Crippen LogP contribution is 2.43. The lowest BCUT2D eigenvalue weighted by Crippen LogP contribution is -2.30. The summed E-state index contributed by atoms with van der Waals surface area (Å²) in [6, 6.07) is 0. The van der Waals surface area contributed by atoms with Crippen molar-refractivity contribution < 1.29 is 52.2 Å². The molecular formula is C64H105O11P. The quantitative estimate of drug-likeness (QED) is 0.0197. The molecule has 0 amide bonds. The molecular weight excluding hydrogens is 976 g/mol. The first kappa shape index (κ1) is 71.9. The van der Waals surface area contributed by atoms with E-state index < -0.39 is 57.8 Å². The summed E-state index contributed by atoms with van der Waals surface area (Å²) in [5, 5.41) is 9.81. The topological polar surface area (TPSA) is 155 Å². The molecule has 11 nitrogen and oxygen atoms in total. The Bertz CT molecular complexity index is 1740. The minimum absolute atomic E-state index is 0.115. The van der Waals surface area contributed by atoms with Gasteiger partial charge in [0.25, 0.3) is 0 Å². The molecule has 3 atom stereocenters. The highest BCUT2D eigenvalue weighted by molar-refractivity contribution is 7.47. The van der Waals surface area contributed by atoms with Gasteiger partial charge in [-0.3, -0.25) is 23.4 Å². The van der Waals surface area contributed by atoms with Gasteiger partial charge in [0.1, 0.15) is 12.7 Å². The third-order valence-corrected chi connectivity index (χ3v) is 12.8. The maximum Gasteiger partial charge on any atom is 0.472 e. The minimum Gasteiger partial charge on any atom is -0.462 e. The van der Waals surface area contributed by atoms with E-state index in [9.17, 15) is 28.9 Å². The SMILES string of the molecule is CC/C=C\C/C=C\C/C=C\C/C=C\C/C=C\CCCC(=O)OCC(COP(=O)(O)OCC(CO)OC(=O)CCCC/C=C\C/C=C\C/C=C\C/C=C\CC)OC(=O)CCCCCCCCC/C=C\CCCCCCCC. The first-order chi connectivity index (χ1) is 37.2. The van der Waals surface area contributed by atoms with Crippen molar-refractivity contribution >= 4 is 25.7 Å². The summed E-state index contributed by atoms with van der Waals surface area (Å²) in [4.78, 5) is 48.6. The lowest BCUT2D eigenvalue weighted by molar-refractivity contribution is -0.161. The zero-order valence-corrected chi connectivity index (χ0v) is 48.6. The number of carbonyl (C=O) groups excluding carboxylic acids is 3. The molecule has 0 aromatic rings. The maximum absolute atomic E-state index is 12.9. The summed E-state index contributed by atoms with van der Waals surface area (Å²) >= 11 is 0. The van der Waals surface area contributed by atoms with Crippen molar-refractivity contribution in [3.05, 3.63) is 122 Å². The van der Waals surface area contributed by atoms with Crippen LogP contribution in [0.1, 0.15) is 226 Å². The van der Waals surface area contributed by atoms with Crippen molar-refractivity contribution in [2.45, 2.75) is 238 Å². The van der Waals surface area contributed by atoms with Crippen LogP contribution < -0.4 is 0 Å². The Morgan fingerprint density at radius 3 is 1.13 bits per heavy atom. The van der Waals surface area contributed by atoms with Crippen LogP contribution in [0.15, 0.2) is 122 Å². The maximum atomic E-state index is 12.9. The van der Waals surface area contributed by atoms with Crippen LogP contribution >= 0.6 is 7.82 Å². The van der Waals surface area contributed by atoms with E-state index >= 15 is 0 Å². The van der Waals surface area contributed by atoms with Crippen LogP contribution in [0.4, 0.5) is 0 Å². The van der Waals surface area contributed by atoms with E-state index in [-0.39, 0.29) is 25.9 Å². The summed E-state index contributed by atoms with van der Waals surface area (Å²) in [5.74, 6) is -1.59. The van der Waals surface area contributed by atoms with Gasteiger partial charge in [-0.1, -0.05) is 206 Å². The number of carbonyl (C=O) groups is 3. The summed E-state index contributed by atoms with van der Waals surface area (Å²) in [6.07, 6.45) is 70.2. The summed E-state index contributed by atoms with van der Waals surface area (Å²) in [7, 11) is -4.78. The molecule has 432 valence electrons. The number of aliphatic hydroxyl groups is 1. The van der Waals surface area contributed by atoms with Crippen LogP contribution in [0.25, 0.3) is 0 Å². The first-order valence-corrected chi connectivity index (χ1v) is 30.9. The van der Waals surface area contributed by atoms with Gasteiger partial charge in [-0.05, 0) is 122 Å². The Balaban J connectivity index is 4.86. The fourth-order valence-electron chi connectivity index (χ4n) is 7.44. The standard InChI is InChI=1S/C64H105O11P/c1-4-7-10-13-16-19-22-25-28-30-33-35-38-41-44-47-50-53-62(66)71-57-61(75-64(68)55-52-49-46-43-40-37-34-31-29-26-23-20-17-14-11-8-5-2)59-73-76(69,70)72-58-60(56-65)74-63(67)54-51-48-45-42-39-36-32-27-24-21-18-15-12-9-6-3/h7,9-10,12,16,18-19,21,25-29,32-33,35,39,41-42,44,60-61,65H,4-6,8,11,13-15,17,20,22-24,30-31,34,36-38,40,43,45-59H2,1-3H3,(H,69,70)/b10-7-,12-9-,19-16-,21-18-,28-25-,29-26-,32-27-,35-33-,42-39-,44-41-. The van der Waals surface area contributed by atoms with Crippen LogP contribution in [0, 0.1) is 0 Å². The number of rotatable bonds is 53. The first-order valence-electron chi connectivity index (χ1n) is 29.4. The third-order valence-electron chi connectivity index (χ3n) is 11.8. The normalized spacial score (nSPS) is 14.2. The van der Waals surface area contributed by atoms with E-state index in [2.05, 4.69) is 136 Å². The molecule has 0 aromatic heterocycles.